The second-order valence-electron chi connectivity index (χ2n) is 7.60. The molecule has 0 aliphatic carbocycles. The van der Waals surface area contributed by atoms with Crippen LogP contribution in [-0.4, -0.2) is 58.6 Å². The van der Waals surface area contributed by atoms with E-state index in [1.165, 1.54) is 5.56 Å². The molecule has 0 unspecified atom stereocenters. The Labute approximate surface area is 206 Å². The van der Waals surface area contributed by atoms with Crippen molar-refractivity contribution in [2.75, 3.05) is 26.2 Å². The van der Waals surface area contributed by atoms with Crippen LogP contribution in [0, 0.1) is 13.8 Å². The molecule has 1 aromatic heterocycles. The van der Waals surface area contributed by atoms with Crippen LogP contribution in [0.2, 0.25) is 0 Å². The lowest BCUT2D eigenvalue weighted by atomic mass is 10.1. The SMILES string of the molecule is CCNC(=NCc1ccc(C(=O)N2CCNC(=O)C2)cc1)NCc1c(C)nn(C)c1C.I. The summed E-state index contributed by atoms with van der Waals surface area (Å²) in [6.07, 6.45) is 0. The zero-order chi connectivity index (χ0) is 22.4. The summed E-state index contributed by atoms with van der Waals surface area (Å²) in [5, 5.41) is 13.8. The Hall–Kier alpha value is -2.63. The van der Waals surface area contributed by atoms with Gasteiger partial charge in [-0.1, -0.05) is 12.1 Å². The first-order valence-electron chi connectivity index (χ1n) is 10.5. The van der Waals surface area contributed by atoms with Crippen LogP contribution in [0.3, 0.4) is 0 Å². The van der Waals surface area contributed by atoms with Crippen molar-refractivity contribution in [1.82, 2.24) is 30.6 Å². The van der Waals surface area contributed by atoms with E-state index in [4.69, 9.17) is 0 Å². The highest BCUT2D eigenvalue weighted by atomic mass is 127. The molecule has 3 N–H and O–H groups in total. The van der Waals surface area contributed by atoms with E-state index >= 15 is 0 Å². The van der Waals surface area contributed by atoms with Crippen LogP contribution < -0.4 is 16.0 Å². The number of aliphatic imine (C=N–C) groups is 1. The van der Waals surface area contributed by atoms with Gasteiger partial charge in [0, 0.05) is 50.0 Å². The van der Waals surface area contributed by atoms with Gasteiger partial charge in [-0.3, -0.25) is 14.3 Å². The number of piperazine rings is 1. The molecular formula is C22H32IN7O2. The predicted molar refractivity (Wildman–Crippen MR) is 135 cm³/mol. The molecule has 174 valence electrons. The van der Waals surface area contributed by atoms with Crippen LogP contribution in [0.4, 0.5) is 0 Å². The molecule has 9 nitrogen and oxygen atoms in total. The minimum absolute atomic E-state index is 0. The summed E-state index contributed by atoms with van der Waals surface area (Å²) in [6.45, 7) is 9.12. The molecule has 0 spiro atoms. The van der Waals surface area contributed by atoms with E-state index in [-0.39, 0.29) is 42.3 Å². The molecule has 1 aliphatic rings. The number of rotatable bonds is 6. The van der Waals surface area contributed by atoms with Gasteiger partial charge in [0.25, 0.3) is 5.91 Å². The fourth-order valence-corrected chi connectivity index (χ4v) is 3.50. The number of hydrogen-bond acceptors (Lipinski definition) is 4. The monoisotopic (exact) mass is 553 g/mol. The summed E-state index contributed by atoms with van der Waals surface area (Å²) >= 11 is 0. The zero-order valence-electron chi connectivity index (χ0n) is 19.1. The minimum Gasteiger partial charge on any atom is -0.357 e. The van der Waals surface area contributed by atoms with Crippen molar-refractivity contribution in [3.63, 3.8) is 0 Å². The summed E-state index contributed by atoms with van der Waals surface area (Å²) in [6, 6.07) is 7.39. The van der Waals surface area contributed by atoms with Gasteiger partial charge in [0.15, 0.2) is 5.96 Å². The molecule has 0 radical (unpaired) electrons. The Morgan fingerprint density at radius 3 is 2.53 bits per heavy atom. The first-order chi connectivity index (χ1) is 14.9. The number of guanidine groups is 1. The minimum atomic E-state index is -0.123. The van der Waals surface area contributed by atoms with Crippen molar-refractivity contribution in [2.45, 2.75) is 33.9 Å². The molecule has 2 amide bonds. The highest BCUT2D eigenvalue weighted by Gasteiger charge is 2.22. The first-order valence-corrected chi connectivity index (χ1v) is 10.5. The van der Waals surface area contributed by atoms with E-state index in [1.54, 1.807) is 17.0 Å². The first kappa shape index (κ1) is 25.6. The molecule has 0 bridgehead atoms. The number of carbonyl (C=O) groups is 2. The van der Waals surface area contributed by atoms with Crippen LogP contribution in [0.25, 0.3) is 0 Å². The number of aryl methyl sites for hydroxylation is 2. The number of hydrogen-bond donors (Lipinski definition) is 3. The van der Waals surface area contributed by atoms with Gasteiger partial charge >= 0.3 is 0 Å². The Bertz CT molecular complexity index is 969. The molecule has 2 heterocycles. The second-order valence-corrected chi connectivity index (χ2v) is 7.60. The number of nitrogens with one attached hydrogen (secondary N) is 3. The summed E-state index contributed by atoms with van der Waals surface area (Å²) in [5.41, 5.74) is 4.89. The Balaban J connectivity index is 0.00000363. The van der Waals surface area contributed by atoms with Crippen molar-refractivity contribution in [3.8, 4) is 0 Å². The summed E-state index contributed by atoms with van der Waals surface area (Å²) in [4.78, 5) is 30.3. The molecule has 10 heteroatoms. The predicted octanol–water partition coefficient (Wildman–Crippen LogP) is 1.48. The summed E-state index contributed by atoms with van der Waals surface area (Å²) < 4.78 is 1.88. The third-order valence-corrected chi connectivity index (χ3v) is 5.38. The Morgan fingerprint density at radius 2 is 1.94 bits per heavy atom. The van der Waals surface area contributed by atoms with Gasteiger partial charge in [-0.25, -0.2) is 4.99 Å². The molecule has 3 rings (SSSR count). The number of benzene rings is 1. The standard InChI is InChI=1S/C22H31N7O2.HI/c1-5-23-22(26-13-19-15(2)27-28(4)16(19)3)25-12-17-6-8-18(9-7-17)21(31)29-11-10-24-20(30)14-29;/h6-9H,5,10-14H2,1-4H3,(H,24,30)(H2,23,25,26);1H. The highest BCUT2D eigenvalue weighted by molar-refractivity contribution is 14.0. The zero-order valence-corrected chi connectivity index (χ0v) is 21.4. The molecule has 1 aromatic carbocycles. The van der Waals surface area contributed by atoms with Gasteiger partial charge in [-0.05, 0) is 38.5 Å². The van der Waals surface area contributed by atoms with Crippen molar-refractivity contribution < 1.29 is 9.59 Å². The lowest BCUT2D eigenvalue weighted by molar-refractivity contribution is -0.123. The van der Waals surface area contributed by atoms with Crippen LogP contribution >= 0.6 is 24.0 Å². The molecule has 32 heavy (non-hydrogen) atoms. The number of aromatic nitrogens is 2. The van der Waals surface area contributed by atoms with Crippen molar-refractivity contribution in [2.24, 2.45) is 12.0 Å². The topological polar surface area (TPSA) is 104 Å². The third-order valence-electron chi connectivity index (χ3n) is 5.38. The second kappa shape index (κ2) is 11.8. The van der Waals surface area contributed by atoms with E-state index in [2.05, 4.69) is 33.0 Å². The Morgan fingerprint density at radius 1 is 1.22 bits per heavy atom. The van der Waals surface area contributed by atoms with Crippen LogP contribution in [-0.2, 0) is 24.9 Å². The maximum atomic E-state index is 12.6. The lowest BCUT2D eigenvalue weighted by Crippen LogP contribution is -2.49. The molecule has 1 fully saturated rings. The van der Waals surface area contributed by atoms with Crippen molar-refractivity contribution >= 4 is 41.8 Å². The number of halogens is 1. The maximum absolute atomic E-state index is 12.6. The summed E-state index contributed by atoms with van der Waals surface area (Å²) in [7, 11) is 1.94. The van der Waals surface area contributed by atoms with E-state index in [1.807, 2.05) is 37.7 Å². The molecular weight excluding hydrogens is 521 g/mol. The quantitative estimate of drug-likeness (QED) is 0.286. The van der Waals surface area contributed by atoms with Gasteiger partial charge in [0.1, 0.15) is 0 Å². The third kappa shape index (κ3) is 6.44. The maximum Gasteiger partial charge on any atom is 0.254 e. The van der Waals surface area contributed by atoms with Crippen LogP contribution in [0.15, 0.2) is 29.3 Å². The number of amides is 2. The molecule has 1 aliphatic heterocycles. The van der Waals surface area contributed by atoms with E-state index in [9.17, 15) is 9.59 Å². The van der Waals surface area contributed by atoms with E-state index < -0.39 is 0 Å². The van der Waals surface area contributed by atoms with Gasteiger partial charge in [-0.15, -0.1) is 24.0 Å². The fourth-order valence-electron chi connectivity index (χ4n) is 3.50. The average Bonchev–Trinajstić information content (AvgIpc) is 3.01. The number of nitrogens with zero attached hydrogens (tertiary/aromatic N) is 4. The largest absolute Gasteiger partial charge is 0.357 e. The molecule has 2 aromatic rings. The highest BCUT2D eigenvalue weighted by Crippen LogP contribution is 2.12. The fraction of sp³-hybridized carbons (Fsp3) is 0.455. The molecule has 0 atom stereocenters. The molecule has 1 saturated heterocycles. The van der Waals surface area contributed by atoms with Crippen molar-refractivity contribution in [3.05, 3.63) is 52.3 Å². The van der Waals surface area contributed by atoms with Gasteiger partial charge in [0.05, 0.1) is 18.8 Å². The lowest BCUT2D eigenvalue weighted by Gasteiger charge is -2.26. The summed E-state index contributed by atoms with van der Waals surface area (Å²) in [5.74, 6) is 0.484. The van der Waals surface area contributed by atoms with Crippen molar-refractivity contribution in [1.29, 1.82) is 0 Å². The number of carbonyl (C=O) groups excluding carboxylic acids is 2. The average molecular weight is 553 g/mol. The van der Waals surface area contributed by atoms with Crippen LogP contribution in [0.5, 0.6) is 0 Å². The normalized spacial score (nSPS) is 13.9. The Kier molecular flexibility index (Phi) is 9.48. The molecule has 0 saturated carbocycles. The van der Waals surface area contributed by atoms with Gasteiger partial charge in [-0.2, -0.15) is 5.10 Å². The van der Waals surface area contributed by atoms with Gasteiger partial charge < -0.3 is 20.9 Å². The van der Waals surface area contributed by atoms with Crippen LogP contribution in [0.1, 0.15) is 39.8 Å². The smallest absolute Gasteiger partial charge is 0.254 e. The van der Waals surface area contributed by atoms with E-state index in [0.29, 0.717) is 31.7 Å². The van der Waals surface area contributed by atoms with E-state index in [0.717, 1.165) is 29.5 Å². The van der Waals surface area contributed by atoms with Gasteiger partial charge in [0.2, 0.25) is 5.91 Å².